The van der Waals surface area contributed by atoms with Gasteiger partial charge in [0, 0.05) is 6.42 Å². The molecule has 1 fully saturated rings. The maximum absolute atomic E-state index is 11.8. The zero-order valence-electron chi connectivity index (χ0n) is 11.6. The summed E-state index contributed by atoms with van der Waals surface area (Å²) in [5.41, 5.74) is 0. The van der Waals surface area contributed by atoms with Crippen LogP contribution in [0.2, 0.25) is 0 Å². The van der Waals surface area contributed by atoms with Crippen LogP contribution >= 0.6 is 0 Å². The summed E-state index contributed by atoms with van der Waals surface area (Å²) in [6.45, 7) is 1.35. The fraction of sp³-hybridized carbons (Fsp3) is 0.923. The van der Waals surface area contributed by atoms with Crippen molar-refractivity contribution in [1.29, 1.82) is 0 Å². The normalized spacial score (nSPS) is 37.9. The molecule has 0 unspecified atom stereocenters. The van der Waals surface area contributed by atoms with E-state index in [0.29, 0.717) is 6.42 Å². The lowest BCUT2D eigenvalue weighted by Gasteiger charge is -2.45. The van der Waals surface area contributed by atoms with Gasteiger partial charge in [-0.1, -0.05) is 19.8 Å². The van der Waals surface area contributed by atoms with Gasteiger partial charge in [0.05, 0.1) is 13.0 Å². The second-order valence-electron chi connectivity index (χ2n) is 5.28. The SMILES string of the molecule is CCCCCC(=O)C[C@@]1(O)O[C@H](CO)[C@@H](O)[C@H](O)[C@@H]1O. The monoisotopic (exact) mass is 292 g/mol. The number of rotatable bonds is 7. The Morgan fingerprint density at radius 1 is 1.20 bits per heavy atom. The summed E-state index contributed by atoms with van der Waals surface area (Å²) >= 11 is 0. The van der Waals surface area contributed by atoms with Crippen molar-refractivity contribution in [2.75, 3.05) is 6.61 Å². The minimum Gasteiger partial charge on any atom is -0.394 e. The molecule has 5 atom stereocenters. The van der Waals surface area contributed by atoms with Crippen LogP contribution in [0.5, 0.6) is 0 Å². The zero-order chi connectivity index (χ0) is 15.3. The molecule has 7 nitrogen and oxygen atoms in total. The van der Waals surface area contributed by atoms with E-state index in [2.05, 4.69) is 0 Å². The fourth-order valence-electron chi connectivity index (χ4n) is 2.31. The zero-order valence-corrected chi connectivity index (χ0v) is 11.6. The van der Waals surface area contributed by atoms with Crippen molar-refractivity contribution in [2.45, 2.75) is 69.2 Å². The minimum atomic E-state index is -2.28. The standard InChI is InChI=1S/C13H24O7/c1-2-3-4-5-8(15)6-13(19)12(18)11(17)10(16)9(7-14)20-13/h9-12,14,16-19H,2-7H2,1H3/t9-,10-,11+,12+,13-/m1/s1. The van der Waals surface area contributed by atoms with Gasteiger partial charge in [0.25, 0.3) is 0 Å². The molecule has 0 spiro atoms. The van der Waals surface area contributed by atoms with Crippen LogP contribution in [0.3, 0.4) is 0 Å². The van der Waals surface area contributed by atoms with Gasteiger partial charge in [-0.3, -0.25) is 4.79 Å². The lowest BCUT2D eigenvalue weighted by Crippen LogP contribution is -2.65. The molecule has 7 heteroatoms. The van der Waals surface area contributed by atoms with Gasteiger partial charge >= 0.3 is 0 Å². The van der Waals surface area contributed by atoms with Crippen molar-refractivity contribution >= 4 is 5.78 Å². The van der Waals surface area contributed by atoms with E-state index in [1.165, 1.54) is 0 Å². The van der Waals surface area contributed by atoms with Crippen LogP contribution in [-0.4, -0.2) is 68.1 Å². The van der Waals surface area contributed by atoms with Crippen molar-refractivity contribution in [2.24, 2.45) is 0 Å². The summed E-state index contributed by atoms with van der Waals surface area (Å²) in [6, 6.07) is 0. The summed E-state index contributed by atoms with van der Waals surface area (Å²) in [4.78, 5) is 11.8. The lowest BCUT2D eigenvalue weighted by molar-refractivity contribution is -0.347. The van der Waals surface area contributed by atoms with E-state index >= 15 is 0 Å². The number of carbonyl (C=O) groups excluding carboxylic acids is 1. The first-order valence-electron chi connectivity index (χ1n) is 6.92. The first-order chi connectivity index (χ1) is 9.35. The molecule has 1 saturated heterocycles. The van der Waals surface area contributed by atoms with Gasteiger partial charge < -0.3 is 30.3 Å². The van der Waals surface area contributed by atoms with E-state index in [9.17, 15) is 25.2 Å². The number of ether oxygens (including phenoxy) is 1. The quantitative estimate of drug-likeness (QED) is 0.369. The summed E-state index contributed by atoms with van der Waals surface area (Å²) in [6.07, 6.45) is -4.00. The van der Waals surface area contributed by atoms with Gasteiger partial charge in [-0.2, -0.15) is 0 Å². The topological polar surface area (TPSA) is 127 Å². The molecule has 0 amide bonds. The van der Waals surface area contributed by atoms with Gasteiger partial charge in [-0.15, -0.1) is 0 Å². The Bertz CT molecular complexity index is 320. The summed E-state index contributed by atoms with van der Waals surface area (Å²) < 4.78 is 5.02. The van der Waals surface area contributed by atoms with E-state index in [-0.39, 0.29) is 12.2 Å². The highest BCUT2D eigenvalue weighted by Gasteiger charge is 2.53. The molecule has 0 aromatic carbocycles. The molecule has 1 rings (SSSR count). The van der Waals surface area contributed by atoms with Gasteiger partial charge in [-0.25, -0.2) is 0 Å². The predicted molar refractivity (Wildman–Crippen MR) is 68.7 cm³/mol. The fourth-order valence-corrected chi connectivity index (χ4v) is 2.31. The summed E-state index contributed by atoms with van der Waals surface area (Å²) in [5, 5.41) is 48.2. The number of hydrogen-bond acceptors (Lipinski definition) is 7. The van der Waals surface area contributed by atoms with Gasteiger partial charge in [0.2, 0.25) is 5.79 Å². The molecular weight excluding hydrogens is 268 g/mol. The largest absolute Gasteiger partial charge is 0.394 e. The summed E-state index contributed by atoms with van der Waals surface area (Å²) in [7, 11) is 0. The Morgan fingerprint density at radius 3 is 2.40 bits per heavy atom. The Kier molecular flexibility index (Phi) is 6.50. The molecule has 5 N–H and O–H groups in total. The minimum absolute atomic E-state index is 0.245. The molecule has 1 aliphatic rings. The van der Waals surface area contributed by atoms with Crippen LogP contribution in [0.4, 0.5) is 0 Å². The number of aliphatic hydroxyl groups excluding tert-OH is 4. The van der Waals surface area contributed by atoms with E-state index in [4.69, 9.17) is 9.84 Å². The maximum Gasteiger partial charge on any atom is 0.202 e. The number of hydrogen-bond donors (Lipinski definition) is 5. The highest BCUT2D eigenvalue weighted by Crippen LogP contribution is 2.31. The number of Topliss-reactive ketones (excluding diaryl/α,β-unsaturated/α-hetero) is 1. The van der Waals surface area contributed by atoms with Crippen LogP contribution in [0.25, 0.3) is 0 Å². The van der Waals surface area contributed by atoms with Crippen molar-refractivity contribution in [3.05, 3.63) is 0 Å². The predicted octanol–water partition coefficient (Wildman–Crippen LogP) is -1.31. The first-order valence-corrected chi connectivity index (χ1v) is 6.92. The number of unbranched alkanes of at least 4 members (excludes halogenated alkanes) is 2. The molecule has 1 heterocycles. The van der Waals surface area contributed by atoms with Crippen LogP contribution in [0.15, 0.2) is 0 Å². The summed E-state index contributed by atoms with van der Waals surface area (Å²) in [5.74, 6) is -2.59. The Morgan fingerprint density at radius 2 is 1.85 bits per heavy atom. The van der Waals surface area contributed by atoms with E-state index in [0.717, 1.165) is 12.8 Å². The molecule has 0 bridgehead atoms. The number of ketones is 1. The number of carbonyl (C=O) groups is 1. The van der Waals surface area contributed by atoms with Crippen LogP contribution in [0, 0.1) is 0 Å². The van der Waals surface area contributed by atoms with Crippen LogP contribution < -0.4 is 0 Å². The highest BCUT2D eigenvalue weighted by molar-refractivity contribution is 5.79. The van der Waals surface area contributed by atoms with Crippen molar-refractivity contribution in [3.8, 4) is 0 Å². The maximum atomic E-state index is 11.8. The Labute approximate surface area is 117 Å². The average Bonchev–Trinajstić information content (AvgIpc) is 2.41. The molecule has 0 radical (unpaired) electrons. The molecule has 1 aliphatic heterocycles. The van der Waals surface area contributed by atoms with Gasteiger partial charge in [0.15, 0.2) is 0 Å². The van der Waals surface area contributed by atoms with Gasteiger partial charge in [0.1, 0.15) is 30.2 Å². The molecule has 0 aromatic heterocycles. The smallest absolute Gasteiger partial charge is 0.202 e. The number of aliphatic hydroxyl groups is 5. The molecule has 0 aromatic rings. The average molecular weight is 292 g/mol. The van der Waals surface area contributed by atoms with Crippen molar-refractivity contribution in [1.82, 2.24) is 0 Å². The third kappa shape index (κ3) is 3.97. The second-order valence-corrected chi connectivity index (χ2v) is 5.28. The molecule has 0 aliphatic carbocycles. The Hall–Kier alpha value is -0.570. The molecular formula is C13H24O7. The third-order valence-electron chi connectivity index (χ3n) is 3.56. The molecule has 118 valence electrons. The highest BCUT2D eigenvalue weighted by atomic mass is 16.7. The molecule has 0 saturated carbocycles. The van der Waals surface area contributed by atoms with E-state index in [1.54, 1.807) is 0 Å². The van der Waals surface area contributed by atoms with E-state index in [1.807, 2.05) is 6.92 Å². The molecule has 20 heavy (non-hydrogen) atoms. The Balaban J connectivity index is 2.67. The van der Waals surface area contributed by atoms with E-state index < -0.39 is 43.2 Å². The lowest BCUT2D eigenvalue weighted by atomic mass is 9.89. The van der Waals surface area contributed by atoms with Crippen molar-refractivity contribution in [3.63, 3.8) is 0 Å². The van der Waals surface area contributed by atoms with Crippen molar-refractivity contribution < 1.29 is 35.1 Å². The third-order valence-corrected chi connectivity index (χ3v) is 3.56. The first kappa shape index (κ1) is 17.5. The van der Waals surface area contributed by atoms with Crippen LogP contribution in [-0.2, 0) is 9.53 Å². The van der Waals surface area contributed by atoms with Gasteiger partial charge in [-0.05, 0) is 6.42 Å². The van der Waals surface area contributed by atoms with Crippen LogP contribution in [0.1, 0.15) is 39.0 Å². The second kappa shape index (κ2) is 7.44.